The van der Waals surface area contributed by atoms with E-state index in [0.717, 1.165) is 69.6 Å². The molecule has 0 aromatic carbocycles. The predicted octanol–water partition coefficient (Wildman–Crippen LogP) is 16.5. The average Bonchev–Trinajstić information content (AvgIpc) is 3.19. The van der Waals surface area contributed by atoms with Crippen molar-refractivity contribution in [1.29, 1.82) is 0 Å². The quantitative estimate of drug-likeness (QED) is 0.0346. The smallest absolute Gasteiger partial charge is 0.306 e. The second-order valence-corrected chi connectivity index (χ2v) is 18.8. The molecule has 0 aromatic heterocycles. The fraction of sp³-hybridized carbons (Fsp3) is 0.942. The van der Waals surface area contributed by atoms with Crippen molar-refractivity contribution in [2.45, 2.75) is 291 Å². The minimum Gasteiger partial charge on any atom is -0.462 e. The van der Waals surface area contributed by atoms with Gasteiger partial charge in [0.15, 0.2) is 6.10 Å². The van der Waals surface area contributed by atoms with E-state index in [9.17, 15) is 14.4 Å². The topological polar surface area (TPSA) is 78.9 Å². The normalized spacial score (nSPS) is 12.1. The molecule has 1 atom stereocenters. The zero-order chi connectivity index (χ0) is 42.6. The van der Waals surface area contributed by atoms with Gasteiger partial charge in [0.2, 0.25) is 0 Å². The highest BCUT2D eigenvalue weighted by atomic mass is 16.6. The van der Waals surface area contributed by atoms with Crippen molar-refractivity contribution in [2.75, 3.05) is 13.2 Å². The van der Waals surface area contributed by atoms with Crippen molar-refractivity contribution < 1.29 is 28.6 Å². The molecule has 0 N–H and O–H groups in total. The van der Waals surface area contributed by atoms with Crippen LogP contribution < -0.4 is 0 Å². The summed E-state index contributed by atoms with van der Waals surface area (Å²) in [6.07, 6.45) is 45.3. The van der Waals surface area contributed by atoms with Crippen LogP contribution in [0.1, 0.15) is 285 Å². The summed E-state index contributed by atoms with van der Waals surface area (Å²) in [4.78, 5) is 37.9. The van der Waals surface area contributed by atoms with Crippen LogP contribution in [0.4, 0.5) is 0 Å². The van der Waals surface area contributed by atoms with Gasteiger partial charge in [-0.3, -0.25) is 14.4 Å². The summed E-state index contributed by atoms with van der Waals surface area (Å²) in [7, 11) is 0. The van der Waals surface area contributed by atoms with Crippen molar-refractivity contribution >= 4 is 17.9 Å². The Morgan fingerprint density at radius 2 is 0.569 bits per heavy atom. The fourth-order valence-electron chi connectivity index (χ4n) is 7.81. The number of carbonyl (C=O) groups excluding carboxylic acids is 3. The van der Waals surface area contributed by atoms with Crippen LogP contribution >= 0.6 is 0 Å². The molecule has 58 heavy (non-hydrogen) atoms. The van der Waals surface area contributed by atoms with Crippen molar-refractivity contribution in [3.63, 3.8) is 0 Å². The van der Waals surface area contributed by atoms with Gasteiger partial charge in [0.25, 0.3) is 0 Å². The summed E-state index contributed by atoms with van der Waals surface area (Å²) in [5.74, 6) is 0.736. The van der Waals surface area contributed by atoms with Crippen molar-refractivity contribution in [1.82, 2.24) is 0 Å². The number of carbonyl (C=O) groups is 3. The number of rotatable bonds is 46. The molecule has 0 aliphatic carbocycles. The van der Waals surface area contributed by atoms with Gasteiger partial charge >= 0.3 is 17.9 Å². The lowest BCUT2D eigenvalue weighted by Crippen LogP contribution is -2.30. The molecule has 0 aromatic rings. The number of esters is 3. The molecule has 0 saturated carbocycles. The third-order valence-electron chi connectivity index (χ3n) is 11.7. The highest BCUT2D eigenvalue weighted by Crippen LogP contribution is 2.17. The van der Waals surface area contributed by atoms with Crippen LogP contribution in [-0.4, -0.2) is 37.2 Å². The van der Waals surface area contributed by atoms with E-state index in [1.807, 2.05) is 0 Å². The minimum absolute atomic E-state index is 0.0646. The summed E-state index contributed by atoms with van der Waals surface area (Å²) in [5, 5.41) is 0. The number of unbranched alkanes of at least 4 members (excludes halogenated alkanes) is 31. The molecule has 0 unspecified atom stereocenters. The van der Waals surface area contributed by atoms with Crippen LogP contribution in [0.25, 0.3) is 0 Å². The van der Waals surface area contributed by atoms with Crippen LogP contribution in [0.2, 0.25) is 0 Å². The van der Waals surface area contributed by atoms with Crippen LogP contribution in [0.3, 0.4) is 0 Å². The zero-order valence-electron chi connectivity index (χ0n) is 39.7. The Balaban J connectivity index is 4.25. The molecule has 0 spiro atoms. The van der Waals surface area contributed by atoms with Crippen LogP contribution in [0.5, 0.6) is 0 Å². The molecule has 0 rings (SSSR count). The lowest BCUT2D eigenvalue weighted by atomic mass is 10.0. The van der Waals surface area contributed by atoms with Gasteiger partial charge in [-0.25, -0.2) is 0 Å². The average molecular weight is 821 g/mol. The molecular weight excluding hydrogens is 721 g/mol. The molecule has 0 aliphatic heterocycles. The third kappa shape index (κ3) is 45.5. The minimum atomic E-state index is -0.762. The van der Waals surface area contributed by atoms with Crippen molar-refractivity contribution in [3.05, 3.63) is 0 Å². The van der Waals surface area contributed by atoms with E-state index < -0.39 is 6.10 Å². The largest absolute Gasteiger partial charge is 0.462 e. The van der Waals surface area contributed by atoms with E-state index in [4.69, 9.17) is 14.2 Å². The standard InChI is InChI=1S/C52H100O6/c1-6-7-8-9-10-11-12-13-14-15-16-17-18-19-20-27-32-37-42-50(53)56-45-49(58-52(55)44-39-34-29-24-22-26-31-36-41-48(4)5)46-57-51(54)43-38-33-28-23-21-25-30-35-40-47(2)3/h47-49H,6-46H2,1-5H3/t49-/m0/s1. The molecule has 0 amide bonds. The lowest BCUT2D eigenvalue weighted by molar-refractivity contribution is -0.167. The summed E-state index contributed by atoms with van der Waals surface area (Å²) >= 11 is 0. The third-order valence-corrected chi connectivity index (χ3v) is 11.7. The van der Waals surface area contributed by atoms with Gasteiger partial charge in [0.05, 0.1) is 0 Å². The highest BCUT2D eigenvalue weighted by molar-refractivity contribution is 5.71. The Labute approximate surface area is 361 Å². The summed E-state index contributed by atoms with van der Waals surface area (Å²) < 4.78 is 16.8. The molecule has 6 nitrogen and oxygen atoms in total. The lowest BCUT2D eigenvalue weighted by Gasteiger charge is -2.18. The summed E-state index contributed by atoms with van der Waals surface area (Å²) in [5.41, 5.74) is 0. The van der Waals surface area contributed by atoms with Gasteiger partial charge in [-0.05, 0) is 31.1 Å². The maximum atomic E-state index is 12.7. The zero-order valence-corrected chi connectivity index (χ0v) is 39.7. The number of ether oxygens (including phenoxy) is 3. The van der Waals surface area contributed by atoms with Gasteiger partial charge in [0, 0.05) is 19.3 Å². The summed E-state index contributed by atoms with van der Waals surface area (Å²) in [6.45, 7) is 11.3. The van der Waals surface area contributed by atoms with E-state index in [1.54, 1.807) is 0 Å². The van der Waals surface area contributed by atoms with Crippen LogP contribution in [0, 0.1) is 11.8 Å². The maximum absolute atomic E-state index is 12.7. The number of hydrogen-bond donors (Lipinski definition) is 0. The molecule has 6 heteroatoms. The van der Waals surface area contributed by atoms with Gasteiger partial charge in [-0.1, -0.05) is 247 Å². The van der Waals surface area contributed by atoms with Gasteiger partial charge < -0.3 is 14.2 Å². The van der Waals surface area contributed by atoms with Gasteiger partial charge in [-0.15, -0.1) is 0 Å². The first-order chi connectivity index (χ1) is 28.2. The molecule has 344 valence electrons. The molecule has 0 saturated heterocycles. The van der Waals surface area contributed by atoms with Gasteiger partial charge in [0.1, 0.15) is 13.2 Å². The summed E-state index contributed by atoms with van der Waals surface area (Å²) in [6, 6.07) is 0. The SMILES string of the molecule is CCCCCCCCCCCCCCCCCCCCC(=O)OC[C@@H](COC(=O)CCCCCCCCCCC(C)C)OC(=O)CCCCCCCCCCC(C)C. The monoisotopic (exact) mass is 821 g/mol. The second-order valence-electron chi connectivity index (χ2n) is 18.8. The van der Waals surface area contributed by atoms with E-state index in [1.165, 1.54) is 173 Å². The predicted molar refractivity (Wildman–Crippen MR) is 247 cm³/mol. The van der Waals surface area contributed by atoms with E-state index in [2.05, 4.69) is 34.6 Å². The Bertz CT molecular complexity index is 885. The highest BCUT2D eigenvalue weighted by Gasteiger charge is 2.19. The van der Waals surface area contributed by atoms with E-state index in [-0.39, 0.29) is 31.1 Å². The molecule has 0 radical (unpaired) electrons. The van der Waals surface area contributed by atoms with Crippen molar-refractivity contribution in [3.8, 4) is 0 Å². The molecule has 0 heterocycles. The Kier molecular flexibility index (Phi) is 43.7. The second kappa shape index (κ2) is 44.9. The maximum Gasteiger partial charge on any atom is 0.306 e. The Hall–Kier alpha value is -1.59. The Morgan fingerprint density at radius 1 is 0.328 bits per heavy atom. The van der Waals surface area contributed by atoms with Crippen LogP contribution in [-0.2, 0) is 28.6 Å². The first kappa shape index (κ1) is 56.4. The molecule has 0 fully saturated rings. The van der Waals surface area contributed by atoms with Crippen molar-refractivity contribution in [2.24, 2.45) is 11.8 Å². The van der Waals surface area contributed by atoms with E-state index >= 15 is 0 Å². The van der Waals surface area contributed by atoms with Gasteiger partial charge in [-0.2, -0.15) is 0 Å². The number of hydrogen-bond acceptors (Lipinski definition) is 6. The molecule has 0 bridgehead atoms. The fourth-order valence-corrected chi connectivity index (χ4v) is 7.81. The Morgan fingerprint density at radius 3 is 0.845 bits per heavy atom. The van der Waals surface area contributed by atoms with Crippen LogP contribution in [0.15, 0.2) is 0 Å². The molecular formula is C52H100O6. The molecule has 0 aliphatic rings. The first-order valence-electron chi connectivity index (χ1n) is 25.7. The van der Waals surface area contributed by atoms with E-state index in [0.29, 0.717) is 19.3 Å². The first-order valence-corrected chi connectivity index (χ1v) is 25.7.